The van der Waals surface area contributed by atoms with Crippen LogP contribution >= 0.6 is 0 Å². The fourth-order valence-electron chi connectivity index (χ4n) is 2.22. The second-order valence-electron chi connectivity index (χ2n) is 4.73. The zero-order valence-corrected chi connectivity index (χ0v) is 11.3. The summed E-state index contributed by atoms with van der Waals surface area (Å²) < 4.78 is 0. The lowest BCUT2D eigenvalue weighted by atomic mass is 10.1. The molecule has 0 aliphatic rings. The molecule has 1 heterocycles. The summed E-state index contributed by atoms with van der Waals surface area (Å²) in [5, 5.41) is 13.3. The molecule has 0 fully saturated rings. The molecule has 0 radical (unpaired) electrons. The first kappa shape index (κ1) is 13.1. The van der Waals surface area contributed by atoms with Crippen molar-refractivity contribution in [2.24, 2.45) is 0 Å². The number of carboxylic acid groups (broad SMARTS) is 1. The summed E-state index contributed by atoms with van der Waals surface area (Å²) >= 11 is 0. The second kappa shape index (κ2) is 5.63. The van der Waals surface area contributed by atoms with Gasteiger partial charge in [0, 0.05) is 23.8 Å². The average molecular weight is 278 g/mol. The Morgan fingerprint density at radius 2 is 1.86 bits per heavy atom. The molecule has 0 saturated carbocycles. The maximum Gasteiger partial charge on any atom is 0.335 e. The van der Waals surface area contributed by atoms with Crippen LogP contribution in [0.5, 0.6) is 0 Å². The lowest BCUT2D eigenvalue weighted by molar-refractivity contribution is 0.0697. The first-order chi connectivity index (χ1) is 10.2. The van der Waals surface area contributed by atoms with Gasteiger partial charge in [-0.05, 0) is 42.0 Å². The van der Waals surface area contributed by atoms with Crippen molar-refractivity contribution in [1.82, 2.24) is 4.98 Å². The van der Waals surface area contributed by atoms with Gasteiger partial charge in [0.25, 0.3) is 0 Å². The third-order valence-corrected chi connectivity index (χ3v) is 3.33. The number of fused-ring (bicyclic) bond motifs is 1. The predicted molar refractivity (Wildman–Crippen MR) is 82.5 cm³/mol. The minimum absolute atomic E-state index is 0.299. The van der Waals surface area contributed by atoms with E-state index in [1.165, 1.54) is 0 Å². The molecule has 0 unspecified atom stereocenters. The smallest absolute Gasteiger partial charge is 0.335 e. The van der Waals surface area contributed by atoms with Crippen LogP contribution in [0.4, 0.5) is 5.69 Å². The summed E-state index contributed by atoms with van der Waals surface area (Å²) in [6.07, 6.45) is 1.77. The topological polar surface area (TPSA) is 62.2 Å². The number of hydrogen-bond donors (Lipinski definition) is 2. The number of nitrogens with one attached hydrogen (secondary N) is 1. The normalized spacial score (nSPS) is 10.5. The molecule has 3 aromatic rings. The van der Waals surface area contributed by atoms with Gasteiger partial charge in [-0.15, -0.1) is 0 Å². The molecule has 0 bridgehead atoms. The van der Waals surface area contributed by atoms with Crippen molar-refractivity contribution in [2.75, 3.05) is 5.32 Å². The number of aromatic carboxylic acids is 1. The lowest BCUT2D eigenvalue weighted by Crippen LogP contribution is -2.01. The second-order valence-corrected chi connectivity index (χ2v) is 4.73. The van der Waals surface area contributed by atoms with Crippen molar-refractivity contribution in [3.05, 3.63) is 71.9 Å². The van der Waals surface area contributed by atoms with Gasteiger partial charge in [-0.25, -0.2) is 4.79 Å². The lowest BCUT2D eigenvalue weighted by Gasteiger charge is -2.09. The molecule has 0 aliphatic carbocycles. The molecule has 0 spiro atoms. The zero-order chi connectivity index (χ0) is 14.7. The summed E-state index contributed by atoms with van der Waals surface area (Å²) in [7, 11) is 0. The molecule has 3 rings (SSSR count). The molecular weight excluding hydrogens is 264 g/mol. The van der Waals surface area contributed by atoms with Crippen LogP contribution in [0.1, 0.15) is 15.9 Å². The first-order valence-corrected chi connectivity index (χ1v) is 6.64. The van der Waals surface area contributed by atoms with Gasteiger partial charge >= 0.3 is 5.97 Å². The van der Waals surface area contributed by atoms with Crippen LogP contribution < -0.4 is 5.32 Å². The van der Waals surface area contributed by atoms with Gasteiger partial charge in [-0.2, -0.15) is 0 Å². The van der Waals surface area contributed by atoms with Gasteiger partial charge in [-0.1, -0.05) is 18.2 Å². The number of carboxylic acids is 1. The van der Waals surface area contributed by atoms with Crippen molar-refractivity contribution in [2.45, 2.75) is 6.54 Å². The van der Waals surface area contributed by atoms with Crippen molar-refractivity contribution < 1.29 is 9.90 Å². The fourth-order valence-corrected chi connectivity index (χ4v) is 2.22. The van der Waals surface area contributed by atoms with Gasteiger partial charge in [0.2, 0.25) is 0 Å². The molecule has 0 saturated heterocycles. The van der Waals surface area contributed by atoms with E-state index in [2.05, 4.69) is 10.3 Å². The van der Waals surface area contributed by atoms with E-state index in [9.17, 15) is 4.79 Å². The van der Waals surface area contributed by atoms with E-state index in [1.807, 2.05) is 42.5 Å². The first-order valence-electron chi connectivity index (χ1n) is 6.64. The summed E-state index contributed by atoms with van der Waals surface area (Å²) in [6.45, 7) is 0.633. The quantitative estimate of drug-likeness (QED) is 0.766. The SMILES string of the molecule is O=C(O)c1ccc(CNc2cccc3ncccc23)cc1. The van der Waals surface area contributed by atoms with E-state index in [4.69, 9.17) is 5.11 Å². The van der Waals surface area contributed by atoms with E-state index in [-0.39, 0.29) is 0 Å². The van der Waals surface area contributed by atoms with Crippen molar-refractivity contribution in [3.63, 3.8) is 0 Å². The number of hydrogen-bond acceptors (Lipinski definition) is 3. The van der Waals surface area contributed by atoms with Gasteiger partial charge in [0.15, 0.2) is 0 Å². The highest BCUT2D eigenvalue weighted by Crippen LogP contribution is 2.21. The van der Waals surface area contributed by atoms with Crippen LogP contribution in [0, 0.1) is 0 Å². The van der Waals surface area contributed by atoms with Gasteiger partial charge in [-0.3, -0.25) is 4.98 Å². The third kappa shape index (κ3) is 2.84. The van der Waals surface area contributed by atoms with E-state index >= 15 is 0 Å². The van der Waals surface area contributed by atoms with Crippen molar-refractivity contribution in [1.29, 1.82) is 0 Å². The standard InChI is InChI=1S/C17H14N2O2/c20-17(21)13-8-6-12(7-9-13)11-19-16-5-1-4-15-14(16)3-2-10-18-15/h1-10,19H,11H2,(H,20,21). The van der Waals surface area contributed by atoms with Gasteiger partial charge in [0.1, 0.15) is 0 Å². The highest BCUT2D eigenvalue weighted by molar-refractivity contribution is 5.91. The van der Waals surface area contributed by atoms with Gasteiger partial charge < -0.3 is 10.4 Å². The number of pyridine rings is 1. The van der Waals surface area contributed by atoms with Crippen LogP contribution in [-0.4, -0.2) is 16.1 Å². The van der Waals surface area contributed by atoms with E-state index in [0.29, 0.717) is 12.1 Å². The molecule has 4 heteroatoms. The summed E-state index contributed by atoms with van der Waals surface area (Å²) in [6, 6.07) is 16.8. The molecule has 2 aromatic carbocycles. The van der Waals surface area contributed by atoms with Crippen LogP contribution in [0.15, 0.2) is 60.8 Å². The Kier molecular flexibility index (Phi) is 3.51. The monoisotopic (exact) mass is 278 g/mol. The van der Waals surface area contributed by atoms with E-state index < -0.39 is 5.97 Å². The Bertz CT molecular complexity index is 777. The maximum absolute atomic E-state index is 10.8. The summed E-state index contributed by atoms with van der Waals surface area (Å²) in [5.41, 5.74) is 3.29. The Labute approximate surface area is 122 Å². The molecule has 0 amide bonds. The maximum atomic E-state index is 10.8. The van der Waals surface area contributed by atoms with Crippen LogP contribution in [-0.2, 0) is 6.54 Å². The number of nitrogens with zero attached hydrogens (tertiary/aromatic N) is 1. The van der Waals surface area contributed by atoms with Crippen molar-refractivity contribution in [3.8, 4) is 0 Å². The Hall–Kier alpha value is -2.88. The third-order valence-electron chi connectivity index (χ3n) is 3.33. The summed E-state index contributed by atoms with van der Waals surface area (Å²) in [5.74, 6) is -0.908. The molecule has 21 heavy (non-hydrogen) atoms. The number of benzene rings is 2. The van der Waals surface area contributed by atoms with E-state index in [0.717, 1.165) is 22.2 Å². The van der Waals surface area contributed by atoms with Crippen molar-refractivity contribution >= 4 is 22.6 Å². The van der Waals surface area contributed by atoms with Crippen LogP contribution in [0.3, 0.4) is 0 Å². The minimum Gasteiger partial charge on any atom is -0.478 e. The Balaban J connectivity index is 1.79. The molecule has 4 nitrogen and oxygen atoms in total. The molecular formula is C17H14N2O2. The molecule has 1 aromatic heterocycles. The number of anilines is 1. The van der Waals surface area contributed by atoms with Crippen LogP contribution in [0.25, 0.3) is 10.9 Å². The largest absolute Gasteiger partial charge is 0.478 e. The Morgan fingerprint density at radius 3 is 2.62 bits per heavy atom. The summed E-state index contributed by atoms with van der Waals surface area (Å²) in [4.78, 5) is 15.1. The molecule has 2 N–H and O–H groups in total. The Morgan fingerprint density at radius 1 is 1.05 bits per heavy atom. The zero-order valence-electron chi connectivity index (χ0n) is 11.3. The number of carbonyl (C=O) groups is 1. The predicted octanol–water partition coefficient (Wildman–Crippen LogP) is 3.55. The van der Waals surface area contributed by atoms with E-state index in [1.54, 1.807) is 18.3 Å². The highest BCUT2D eigenvalue weighted by atomic mass is 16.4. The fraction of sp³-hybridized carbons (Fsp3) is 0.0588. The molecule has 104 valence electrons. The number of rotatable bonds is 4. The molecule has 0 aliphatic heterocycles. The number of aromatic nitrogens is 1. The minimum atomic E-state index is -0.908. The van der Waals surface area contributed by atoms with Crippen LogP contribution in [0.2, 0.25) is 0 Å². The molecule has 0 atom stereocenters. The highest BCUT2D eigenvalue weighted by Gasteiger charge is 2.03. The van der Waals surface area contributed by atoms with Gasteiger partial charge in [0.05, 0.1) is 11.1 Å². The average Bonchev–Trinajstić information content (AvgIpc) is 2.53.